The number of hydrogen-bond donors (Lipinski definition) is 0. The lowest BCUT2D eigenvalue weighted by atomic mass is 9.80. The van der Waals surface area contributed by atoms with E-state index in [0.29, 0.717) is 10.6 Å². The van der Waals surface area contributed by atoms with E-state index in [1.54, 1.807) is 0 Å². The first-order valence-corrected chi connectivity index (χ1v) is 7.23. The SMILES string of the molecule is CC1(C)CC(=O)OC12Oc1c(sc3ccccc13)C2=O. The van der Waals surface area contributed by atoms with Crippen molar-refractivity contribution in [3.05, 3.63) is 29.1 Å². The van der Waals surface area contributed by atoms with Crippen LogP contribution in [-0.2, 0) is 9.53 Å². The number of carbonyl (C=O) groups is 2. The Bertz CT molecular complexity index is 773. The summed E-state index contributed by atoms with van der Waals surface area (Å²) >= 11 is 1.39. The minimum Gasteiger partial charge on any atom is -0.442 e. The number of ether oxygens (including phenoxy) is 2. The summed E-state index contributed by atoms with van der Waals surface area (Å²) in [7, 11) is 0. The molecule has 2 aliphatic heterocycles. The number of rotatable bonds is 0. The molecule has 1 spiro atoms. The number of esters is 1. The van der Waals surface area contributed by atoms with E-state index in [4.69, 9.17) is 9.47 Å². The molecule has 1 saturated heterocycles. The topological polar surface area (TPSA) is 52.6 Å². The van der Waals surface area contributed by atoms with Gasteiger partial charge in [-0.2, -0.15) is 0 Å². The van der Waals surface area contributed by atoms with E-state index in [1.165, 1.54) is 11.3 Å². The second-order valence-corrected chi connectivity index (χ2v) is 6.89. The monoisotopic (exact) mass is 288 g/mol. The molecular formula is C15H12O4S. The Morgan fingerprint density at radius 3 is 2.60 bits per heavy atom. The second-order valence-electron chi connectivity index (χ2n) is 5.84. The molecule has 4 nitrogen and oxygen atoms in total. The Morgan fingerprint density at radius 1 is 1.15 bits per heavy atom. The van der Waals surface area contributed by atoms with Crippen LogP contribution in [0.3, 0.4) is 0 Å². The molecule has 1 atom stereocenters. The molecule has 102 valence electrons. The Kier molecular flexibility index (Phi) is 2.03. The molecule has 1 aromatic carbocycles. The van der Waals surface area contributed by atoms with Crippen LogP contribution in [0.2, 0.25) is 0 Å². The van der Waals surface area contributed by atoms with Crippen LogP contribution < -0.4 is 4.74 Å². The highest BCUT2D eigenvalue weighted by Gasteiger charge is 2.67. The minimum absolute atomic E-state index is 0.186. The molecule has 0 amide bonds. The third-order valence-electron chi connectivity index (χ3n) is 4.04. The van der Waals surface area contributed by atoms with Crippen LogP contribution in [0.4, 0.5) is 0 Å². The number of Topliss-reactive ketones (excluding diaryl/α,β-unsaturated/α-hetero) is 1. The number of carbonyl (C=O) groups excluding carboxylic acids is 2. The van der Waals surface area contributed by atoms with Gasteiger partial charge in [0.25, 0.3) is 5.78 Å². The molecule has 5 heteroatoms. The van der Waals surface area contributed by atoms with Gasteiger partial charge in [0, 0.05) is 10.1 Å². The zero-order chi connectivity index (χ0) is 14.1. The highest BCUT2D eigenvalue weighted by molar-refractivity contribution is 7.21. The van der Waals surface area contributed by atoms with E-state index in [2.05, 4.69) is 0 Å². The van der Waals surface area contributed by atoms with Crippen molar-refractivity contribution in [1.82, 2.24) is 0 Å². The van der Waals surface area contributed by atoms with E-state index in [1.807, 2.05) is 38.1 Å². The molecule has 1 unspecified atom stereocenters. The molecule has 1 aromatic heterocycles. The van der Waals surface area contributed by atoms with Crippen LogP contribution in [0.1, 0.15) is 29.9 Å². The maximum Gasteiger partial charge on any atom is 0.325 e. The molecule has 3 heterocycles. The molecule has 0 bridgehead atoms. The van der Waals surface area contributed by atoms with Crippen molar-refractivity contribution >= 4 is 33.2 Å². The standard InChI is InChI=1S/C15H12O4S/c1-14(2)7-10(16)18-15(14)13(17)12-11(19-15)8-5-3-4-6-9(8)20-12/h3-6H,7H2,1-2H3. The van der Waals surface area contributed by atoms with Gasteiger partial charge in [-0.15, -0.1) is 11.3 Å². The van der Waals surface area contributed by atoms with E-state index < -0.39 is 11.2 Å². The first kappa shape index (κ1) is 11.9. The first-order valence-electron chi connectivity index (χ1n) is 6.42. The summed E-state index contributed by atoms with van der Waals surface area (Å²) in [5, 5.41) is 0.900. The lowest BCUT2D eigenvalue weighted by Gasteiger charge is -2.32. The molecule has 2 aliphatic rings. The quantitative estimate of drug-likeness (QED) is 0.699. The third kappa shape index (κ3) is 1.21. The molecule has 0 radical (unpaired) electrons. The predicted molar refractivity (Wildman–Crippen MR) is 74.0 cm³/mol. The number of hydrogen-bond acceptors (Lipinski definition) is 5. The number of fused-ring (bicyclic) bond motifs is 3. The summed E-state index contributed by atoms with van der Waals surface area (Å²) in [5.74, 6) is -1.54. The average Bonchev–Trinajstić information content (AvgIpc) is 2.94. The summed E-state index contributed by atoms with van der Waals surface area (Å²) in [6, 6.07) is 7.70. The van der Waals surface area contributed by atoms with Crippen molar-refractivity contribution < 1.29 is 19.1 Å². The molecule has 0 N–H and O–H groups in total. The molecule has 0 saturated carbocycles. The average molecular weight is 288 g/mol. The van der Waals surface area contributed by atoms with Crippen molar-refractivity contribution in [2.45, 2.75) is 26.1 Å². The van der Waals surface area contributed by atoms with Gasteiger partial charge < -0.3 is 9.47 Å². The summed E-state index contributed by atoms with van der Waals surface area (Å²) in [4.78, 5) is 25.0. The van der Waals surface area contributed by atoms with Crippen molar-refractivity contribution in [2.75, 3.05) is 0 Å². The number of thiophene rings is 1. The van der Waals surface area contributed by atoms with E-state index in [-0.39, 0.29) is 18.2 Å². The highest BCUT2D eigenvalue weighted by Crippen LogP contribution is 2.55. The zero-order valence-electron chi connectivity index (χ0n) is 11.1. The van der Waals surface area contributed by atoms with Gasteiger partial charge in [0.15, 0.2) is 5.75 Å². The van der Waals surface area contributed by atoms with Gasteiger partial charge in [-0.25, -0.2) is 0 Å². The van der Waals surface area contributed by atoms with Crippen LogP contribution in [0, 0.1) is 5.41 Å². The Balaban J connectivity index is 1.93. The molecular weight excluding hydrogens is 276 g/mol. The molecule has 2 aromatic rings. The van der Waals surface area contributed by atoms with Gasteiger partial charge in [-0.3, -0.25) is 9.59 Å². The Hall–Kier alpha value is -1.88. The first-order chi connectivity index (χ1) is 9.45. The summed E-state index contributed by atoms with van der Waals surface area (Å²) in [6.45, 7) is 3.66. The fraction of sp³-hybridized carbons (Fsp3) is 0.333. The van der Waals surface area contributed by atoms with Gasteiger partial charge in [0.1, 0.15) is 4.88 Å². The van der Waals surface area contributed by atoms with Crippen LogP contribution in [0.5, 0.6) is 5.75 Å². The lowest BCUT2D eigenvalue weighted by molar-refractivity contribution is -0.175. The molecule has 1 fully saturated rings. The number of benzene rings is 1. The third-order valence-corrected chi connectivity index (χ3v) is 5.19. The van der Waals surface area contributed by atoms with Crippen molar-refractivity contribution in [3.8, 4) is 5.75 Å². The van der Waals surface area contributed by atoms with Crippen LogP contribution in [0.25, 0.3) is 10.1 Å². The van der Waals surface area contributed by atoms with Gasteiger partial charge in [-0.1, -0.05) is 26.0 Å². The van der Waals surface area contributed by atoms with E-state index in [9.17, 15) is 9.59 Å². The fourth-order valence-corrected chi connectivity index (χ4v) is 4.05. The summed E-state index contributed by atoms with van der Waals surface area (Å²) in [5.41, 5.74) is -0.666. The van der Waals surface area contributed by atoms with Gasteiger partial charge in [0.2, 0.25) is 0 Å². The number of ketones is 1. The maximum atomic E-state index is 12.8. The Morgan fingerprint density at radius 2 is 1.90 bits per heavy atom. The molecule has 0 aliphatic carbocycles. The van der Waals surface area contributed by atoms with E-state index in [0.717, 1.165) is 10.1 Å². The zero-order valence-corrected chi connectivity index (χ0v) is 11.9. The van der Waals surface area contributed by atoms with Gasteiger partial charge in [0.05, 0.1) is 11.8 Å². The minimum atomic E-state index is -1.48. The van der Waals surface area contributed by atoms with Crippen LogP contribution in [0.15, 0.2) is 24.3 Å². The van der Waals surface area contributed by atoms with Crippen molar-refractivity contribution in [2.24, 2.45) is 5.41 Å². The maximum absolute atomic E-state index is 12.8. The molecule has 20 heavy (non-hydrogen) atoms. The fourth-order valence-electron chi connectivity index (χ4n) is 2.94. The smallest absolute Gasteiger partial charge is 0.325 e. The summed E-state index contributed by atoms with van der Waals surface area (Å²) < 4.78 is 12.3. The summed E-state index contributed by atoms with van der Waals surface area (Å²) in [6.07, 6.45) is 0.186. The van der Waals surface area contributed by atoms with Crippen LogP contribution in [-0.4, -0.2) is 17.5 Å². The van der Waals surface area contributed by atoms with E-state index >= 15 is 0 Å². The second kappa shape index (κ2) is 3.41. The molecule has 4 rings (SSSR count). The highest BCUT2D eigenvalue weighted by atomic mass is 32.1. The lowest BCUT2D eigenvalue weighted by Crippen LogP contribution is -2.50. The van der Waals surface area contributed by atoms with Crippen LogP contribution >= 0.6 is 11.3 Å². The Labute approximate surface area is 119 Å². The normalized spacial score (nSPS) is 26.9. The largest absolute Gasteiger partial charge is 0.442 e. The van der Waals surface area contributed by atoms with Gasteiger partial charge in [-0.05, 0) is 12.1 Å². The van der Waals surface area contributed by atoms with Gasteiger partial charge >= 0.3 is 11.8 Å². The van der Waals surface area contributed by atoms with Crippen molar-refractivity contribution in [1.29, 1.82) is 0 Å². The van der Waals surface area contributed by atoms with Crippen molar-refractivity contribution in [3.63, 3.8) is 0 Å². The predicted octanol–water partition coefficient (Wildman–Crippen LogP) is 3.15.